The fourth-order valence-corrected chi connectivity index (χ4v) is 11.4. The van der Waals surface area contributed by atoms with Crippen molar-refractivity contribution in [1.82, 2.24) is 0 Å². The van der Waals surface area contributed by atoms with E-state index in [2.05, 4.69) is 214 Å². The van der Waals surface area contributed by atoms with Crippen LogP contribution in [0.3, 0.4) is 0 Å². The molecule has 0 saturated heterocycles. The molecule has 2 heteroatoms. The van der Waals surface area contributed by atoms with Crippen molar-refractivity contribution in [2.24, 2.45) is 0 Å². The van der Waals surface area contributed by atoms with E-state index in [9.17, 15) is 0 Å². The highest BCUT2D eigenvalue weighted by molar-refractivity contribution is 7.26. The minimum atomic E-state index is -0.179. The van der Waals surface area contributed by atoms with E-state index in [0.717, 1.165) is 5.69 Å². The van der Waals surface area contributed by atoms with E-state index >= 15 is 0 Å². The number of anilines is 3. The van der Waals surface area contributed by atoms with Crippen LogP contribution in [0.4, 0.5) is 17.1 Å². The van der Waals surface area contributed by atoms with Crippen molar-refractivity contribution in [3.8, 4) is 33.4 Å². The molecule has 1 heterocycles. The molecular weight excluding hydrogens is 719 g/mol. The molecular formula is C56H53NS. The zero-order chi connectivity index (χ0) is 40.5. The van der Waals surface area contributed by atoms with Crippen molar-refractivity contribution in [3.63, 3.8) is 0 Å². The zero-order valence-electron chi connectivity index (χ0n) is 35.6. The standard InChI is InChI=1S/C56H53NS/c1-53(2,3)36-29-42-41-32-47-43(33-50(41)58-52(42)48(30-36)54(4,5)6)51-45(56(47,9)10)21-16-22-49(51)57(37-25-23-35(24-26-37)34-17-12-11-13-18-34)38-27-28-40-39-19-14-15-20-44(39)55(7,8)46(40)31-38/h11-33H,1-10H3. The first-order valence-electron chi connectivity index (χ1n) is 20.9. The molecule has 1 nitrogen and oxygen atoms in total. The summed E-state index contributed by atoms with van der Waals surface area (Å²) in [6, 6.07) is 53.1. The van der Waals surface area contributed by atoms with Gasteiger partial charge in [-0.1, -0.05) is 160 Å². The number of benzene rings is 7. The maximum atomic E-state index is 2.56. The van der Waals surface area contributed by atoms with Gasteiger partial charge in [0.1, 0.15) is 0 Å². The normalized spacial score (nSPS) is 15.0. The number of thiophene rings is 1. The minimum Gasteiger partial charge on any atom is -0.310 e. The van der Waals surface area contributed by atoms with Crippen molar-refractivity contribution < 1.29 is 0 Å². The van der Waals surface area contributed by atoms with Crippen LogP contribution in [0.2, 0.25) is 0 Å². The second-order valence-corrected chi connectivity index (χ2v) is 20.9. The number of fused-ring (bicyclic) bond motifs is 9. The topological polar surface area (TPSA) is 3.24 Å². The van der Waals surface area contributed by atoms with Crippen LogP contribution in [0, 0.1) is 0 Å². The second kappa shape index (κ2) is 12.5. The van der Waals surface area contributed by atoms with Gasteiger partial charge in [-0.3, -0.25) is 0 Å². The van der Waals surface area contributed by atoms with Gasteiger partial charge >= 0.3 is 0 Å². The molecule has 1 aromatic heterocycles. The van der Waals surface area contributed by atoms with Gasteiger partial charge in [-0.05, 0) is 121 Å². The van der Waals surface area contributed by atoms with Crippen LogP contribution in [0.5, 0.6) is 0 Å². The van der Waals surface area contributed by atoms with E-state index in [4.69, 9.17) is 0 Å². The predicted molar refractivity (Wildman–Crippen MR) is 252 cm³/mol. The van der Waals surface area contributed by atoms with Crippen molar-refractivity contribution in [1.29, 1.82) is 0 Å². The number of nitrogens with zero attached hydrogens (tertiary/aromatic N) is 1. The Morgan fingerprint density at radius 3 is 1.81 bits per heavy atom. The summed E-state index contributed by atoms with van der Waals surface area (Å²) in [5, 5.41) is 2.78. The predicted octanol–water partition coefficient (Wildman–Crippen LogP) is 16.4. The lowest BCUT2D eigenvalue weighted by molar-refractivity contribution is 0.573. The molecule has 288 valence electrons. The summed E-state index contributed by atoms with van der Waals surface area (Å²) in [6.07, 6.45) is 0. The fourth-order valence-electron chi connectivity index (χ4n) is 10.0. The molecule has 0 aliphatic heterocycles. The van der Waals surface area contributed by atoms with E-state index in [0.29, 0.717) is 0 Å². The Bertz CT molecular complexity index is 2940. The minimum absolute atomic E-state index is 0.0323. The van der Waals surface area contributed by atoms with Gasteiger partial charge in [0.2, 0.25) is 0 Å². The molecule has 0 fully saturated rings. The summed E-state index contributed by atoms with van der Waals surface area (Å²) < 4.78 is 2.78. The van der Waals surface area contributed by atoms with Crippen molar-refractivity contribution in [2.45, 2.75) is 90.9 Å². The van der Waals surface area contributed by atoms with E-state index in [-0.39, 0.29) is 21.7 Å². The maximum Gasteiger partial charge on any atom is 0.0543 e. The SMILES string of the molecule is CC(C)(C)c1cc(C(C)(C)C)c2sc3cc4c(cc3c2c1)C(C)(C)c1cccc(N(c2ccc(-c3ccccc3)cc2)c2ccc3c(c2)C(C)(C)c2ccccc2-3)c1-4. The molecule has 0 N–H and O–H groups in total. The van der Waals surface area contributed by atoms with Crippen molar-refractivity contribution in [2.75, 3.05) is 4.90 Å². The molecule has 0 atom stereocenters. The molecule has 2 aliphatic rings. The smallest absolute Gasteiger partial charge is 0.0543 e. The average Bonchev–Trinajstić information content (AvgIpc) is 3.76. The largest absolute Gasteiger partial charge is 0.310 e. The van der Waals surface area contributed by atoms with E-state index < -0.39 is 0 Å². The highest BCUT2D eigenvalue weighted by Gasteiger charge is 2.40. The molecule has 0 unspecified atom stereocenters. The van der Waals surface area contributed by atoms with Gasteiger partial charge in [0, 0.05) is 47.9 Å². The van der Waals surface area contributed by atoms with Gasteiger partial charge in [-0.25, -0.2) is 0 Å². The third-order valence-corrected chi connectivity index (χ3v) is 14.5. The number of rotatable bonds is 4. The summed E-state index contributed by atoms with van der Waals surface area (Å²) in [4.78, 5) is 2.53. The lowest BCUT2D eigenvalue weighted by Crippen LogP contribution is -2.17. The lowest BCUT2D eigenvalue weighted by Gasteiger charge is -2.30. The monoisotopic (exact) mass is 771 g/mol. The molecule has 7 aromatic carbocycles. The Balaban J connectivity index is 1.21. The van der Waals surface area contributed by atoms with Crippen LogP contribution in [-0.4, -0.2) is 0 Å². The highest BCUT2D eigenvalue weighted by atomic mass is 32.1. The Morgan fingerprint density at radius 1 is 0.466 bits per heavy atom. The molecule has 0 bridgehead atoms. The first kappa shape index (κ1) is 36.9. The molecule has 0 radical (unpaired) electrons. The Morgan fingerprint density at radius 2 is 1.09 bits per heavy atom. The van der Waals surface area contributed by atoms with Crippen LogP contribution in [0.1, 0.15) is 103 Å². The van der Waals surface area contributed by atoms with Gasteiger partial charge in [0.05, 0.1) is 5.69 Å². The average molecular weight is 772 g/mol. The molecule has 0 amide bonds. The molecule has 2 aliphatic carbocycles. The number of hydrogen-bond donors (Lipinski definition) is 0. The summed E-state index contributed by atoms with van der Waals surface area (Å²) >= 11 is 1.98. The van der Waals surface area contributed by atoms with Crippen LogP contribution in [-0.2, 0) is 21.7 Å². The van der Waals surface area contributed by atoms with Gasteiger partial charge in [0.15, 0.2) is 0 Å². The van der Waals surface area contributed by atoms with Crippen LogP contribution >= 0.6 is 11.3 Å². The first-order valence-corrected chi connectivity index (χ1v) is 21.7. The van der Waals surface area contributed by atoms with E-state index in [1.54, 1.807) is 0 Å². The number of hydrogen-bond acceptors (Lipinski definition) is 2. The Hall–Kier alpha value is -5.44. The summed E-state index contributed by atoms with van der Waals surface area (Å²) in [7, 11) is 0. The molecule has 10 rings (SSSR count). The molecule has 0 saturated carbocycles. The summed E-state index contributed by atoms with van der Waals surface area (Å²) in [6.45, 7) is 23.7. The third kappa shape index (κ3) is 5.48. The van der Waals surface area contributed by atoms with E-state index in [1.165, 1.54) is 98.3 Å². The quantitative estimate of drug-likeness (QED) is 0.172. The van der Waals surface area contributed by atoms with Crippen molar-refractivity contribution in [3.05, 3.63) is 173 Å². The van der Waals surface area contributed by atoms with Crippen LogP contribution in [0.15, 0.2) is 140 Å². The van der Waals surface area contributed by atoms with Gasteiger partial charge in [0.25, 0.3) is 0 Å². The van der Waals surface area contributed by atoms with Crippen LogP contribution < -0.4 is 4.90 Å². The highest BCUT2D eigenvalue weighted by Crippen LogP contribution is 2.57. The lowest BCUT2D eigenvalue weighted by atomic mass is 9.79. The summed E-state index contributed by atoms with van der Waals surface area (Å²) in [5.41, 5.74) is 19.6. The first-order chi connectivity index (χ1) is 27.5. The van der Waals surface area contributed by atoms with E-state index in [1.807, 2.05) is 11.3 Å². The van der Waals surface area contributed by atoms with Gasteiger partial charge in [-0.15, -0.1) is 11.3 Å². The summed E-state index contributed by atoms with van der Waals surface area (Å²) in [5.74, 6) is 0. The molecule has 0 spiro atoms. The zero-order valence-corrected chi connectivity index (χ0v) is 36.5. The Labute approximate surface area is 349 Å². The maximum absolute atomic E-state index is 2.56. The fraction of sp³-hybridized carbons (Fsp3) is 0.250. The van der Waals surface area contributed by atoms with Gasteiger partial charge < -0.3 is 4.90 Å². The van der Waals surface area contributed by atoms with Crippen LogP contribution in [0.25, 0.3) is 53.6 Å². The second-order valence-electron chi connectivity index (χ2n) is 19.9. The molecule has 58 heavy (non-hydrogen) atoms. The van der Waals surface area contributed by atoms with Gasteiger partial charge in [-0.2, -0.15) is 0 Å². The van der Waals surface area contributed by atoms with Crippen molar-refractivity contribution >= 4 is 48.6 Å². The molecule has 8 aromatic rings. The Kier molecular flexibility index (Phi) is 7.97. The third-order valence-electron chi connectivity index (χ3n) is 13.3.